The summed E-state index contributed by atoms with van der Waals surface area (Å²) in [6, 6.07) is 18.8. The molecule has 0 amide bonds. The lowest BCUT2D eigenvalue weighted by molar-refractivity contribution is 0.0277. The van der Waals surface area contributed by atoms with Crippen LogP contribution in [0.5, 0.6) is 0 Å². The van der Waals surface area contributed by atoms with Crippen molar-refractivity contribution in [3.63, 3.8) is 0 Å². The lowest BCUT2D eigenvalue weighted by Crippen LogP contribution is -2.33. The van der Waals surface area contributed by atoms with Gasteiger partial charge in [-0.05, 0) is 22.3 Å². The molecule has 2 heteroatoms. The van der Waals surface area contributed by atoms with Crippen molar-refractivity contribution >= 4 is 5.57 Å². The monoisotopic (exact) mass is 265 g/mol. The van der Waals surface area contributed by atoms with Crippen LogP contribution in [0.4, 0.5) is 0 Å². The quantitative estimate of drug-likeness (QED) is 0.918. The fourth-order valence-electron chi connectivity index (χ4n) is 2.48. The van der Waals surface area contributed by atoms with Gasteiger partial charge in [0.05, 0.1) is 12.7 Å². The smallest absolute Gasteiger partial charge is 0.0949 e. The summed E-state index contributed by atoms with van der Waals surface area (Å²) in [6.07, 6.45) is 0.169. The van der Waals surface area contributed by atoms with Gasteiger partial charge in [0.15, 0.2) is 0 Å². The lowest BCUT2D eigenvalue weighted by atomic mass is 9.97. The molecule has 1 aliphatic heterocycles. The normalized spacial score (nSPS) is 18.7. The Morgan fingerprint density at radius 2 is 1.70 bits per heavy atom. The number of morpholine rings is 1. The van der Waals surface area contributed by atoms with E-state index in [-0.39, 0.29) is 6.10 Å². The van der Waals surface area contributed by atoms with Crippen LogP contribution in [0, 0.1) is 0 Å². The van der Waals surface area contributed by atoms with Crippen LogP contribution in [-0.2, 0) is 4.74 Å². The predicted molar refractivity (Wildman–Crippen MR) is 82.6 cm³/mol. The summed E-state index contributed by atoms with van der Waals surface area (Å²) >= 11 is 0. The van der Waals surface area contributed by atoms with E-state index < -0.39 is 0 Å². The second kappa shape index (κ2) is 6.04. The average Bonchev–Trinajstić information content (AvgIpc) is 2.56. The maximum atomic E-state index is 5.76. The molecular weight excluding hydrogens is 246 g/mol. The Balaban J connectivity index is 1.77. The molecule has 1 unspecified atom stereocenters. The second-order valence-electron chi connectivity index (χ2n) is 5.03. The van der Waals surface area contributed by atoms with Crippen molar-refractivity contribution in [1.82, 2.24) is 5.32 Å². The Kier molecular flexibility index (Phi) is 3.95. The molecule has 0 aliphatic carbocycles. The van der Waals surface area contributed by atoms with Crippen LogP contribution in [0.15, 0.2) is 61.2 Å². The molecule has 0 radical (unpaired) electrons. The zero-order valence-electron chi connectivity index (χ0n) is 11.5. The van der Waals surface area contributed by atoms with Crippen molar-refractivity contribution < 1.29 is 4.74 Å². The molecule has 1 atom stereocenters. The molecule has 1 aliphatic rings. The number of nitrogens with one attached hydrogen (secondary N) is 1. The number of rotatable bonds is 3. The molecule has 2 aromatic rings. The number of hydrogen-bond acceptors (Lipinski definition) is 2. The minimum absolute atomic E-state index is 0.169. The fourth-order valence-corrected chi connectivity index (χ4v) is 2.48. The van der Waals surface area contributed by atoms with Gasteiger partial charge in [0.1, 0.15) is 0 Å². The highest BCUT2D eigenvalue weighted by Gasteiger charge is 2.15. The van der Waals surface area contributed by atoms with Crippen LogP contribution in [0.25, 0.3) is 5.57 Å². The van der Waals surface area contributed by atoms with E-state index in [1.807, 2.05) is 18.2 Å². The molecule has 0 spiro atoms. The van der Waals surface area contributed by atoms with Gasteiger partial charge in [0, 0.05) is 13.1 Å². The summed E-state index contributed by atoms with van der Waals surface area (Å²) in [5, 5.41) is 3.35. The summed E-state index contributed by atoms with van der Waals surface area (Å²) in [4.78, 5) is 0. The van der Waals surface area contributed by atoms with Crippen molar-refractivity contribution in [2.75, 3.05) is 19.7 Å². The summed E-state index contributed by atoms with van der Waals surface area (Å²) in [5.74, 6) is 0. The van der Waals surface area contributed by atoms with Gasteiger partial charge in [-0.1, -0.05) is 61.2 Å². The summed E-state index contributed by atoms with van der Waals surface area (Å²) in [6.45, 7) is 6.81. The number of hydrogen-bond donors (Lipinski definition) is 1. The van der Waals surface area contributed by atoms with E-state index in [4.69, 9.17) is 4.74 Å². The molecule has 20 heavy (non-hydrogen) atoms. The molecule has 2 aromatic carbocycles. The van der Waals surface area contributed by atoms with Crippen LogP contribution >= 0.6 is 0 Å². The third-order valence-electron chi connectivity index (χ3n) is 3.68. The van der Waals surface area contributed by atoms with Gasteiger partial charge in [-0.2, -0.15) is 0 Å². The van der Waals surface area contributed by atoms with Gasteiger partial charge in [-0.25, -0.2) is 0 Å². The summed E-state index contributed by atoms with van der Waals surface area (Å²) < 4.78 is 5.76. The largest absolute Gasteiger partial charge is 0.371 e. The molecular formula is C18H19NO. The van der Waals surface area contributed by atoms with Crippen LogP contribution in [0.1, 0.15) is 22.8 Å². The zero-order chi connectivity index (χ0) is 13.8. The Morgan fingerprint density at radius 1 is 1.00 bits per heavy atom. The van der Waals surface area contributed by atoms with Crippen molar-refractivity contribution in [2.24, 2.45) is 0 Å². The molecule has 1 fully saturated rings. The van der Waals surface area contributed by atoms with Gasteiger partial charge in [0.2, 0.25) is 0 Å². The molecule has 102 valence electrons. The highest BCUT2D eigenvalue weighted by atomic mass is 16.5. The highest BCUT2D eigenvalue weighted by Crippen LogP contribution is 2.24. The lowest BCUT2D eigenvalue weighted by Gasteiger charge is -2.24. The first-order valence-electron chi connectivity index (χ1n) is 7.01. The van der Waals surface area contributed by atoms with Gasteiger partial charge < -0.3 is 10.1 Å². The molecule has 3 rings (SSSR count). The third kappa shape index (κ3) is 2.82. The topological polar surface area (TPSA) is 21.3 Å². The molecule has 0 aromatic heterocycles. The van der Waals surface area contributed by atoms with E-state index in [2.05, 4.69) is 48.3 Å². The maximum Gasteiger partial charge on any atom is 0.0949 e. The zero-order valence-corrected chi connectivity index (χ0v) is 11.5. The number of ether oxygens (including phenoxy) is 1. The minimum atomic E-state index is 0.169. The molecule has 1 saturated heterocycles. The molecule has 1 heterocycles. The van der Waals surface area contributed by atoms with Crippen LogP contribution in [-0.4, -0.2) is 19.7 Å². The molecule has 2 nitrogen and oxygen atoms in total. The van der Waals surface area contributed by atoms with E-state index in [9.17, 15) is 0 Å². The first kappa shape index (κ1) is 13.1. The van der Waals surface area contributed by atoms with E-state index in [1.165, 1.54) is 5.56 Å². The first-order chi connectivity index (χ1) is 9.84. The van der Waals surface area contributed by atoms with Crippen molar-refractivity contribution in [2.45, 2.75) is 6.10 Å². The van der Waals surface area contributed by atoms with Gasteiger partial charge in [-0.15, -0.1) is 0 Å². The number of benzene rings is 2. The van der Waals surface area contributed by atoms with Crippen molar-refractivity contribution in [1.29, 1.82) is 0 Å². The third-order valence-corrected chi connectivity index (χ3v) is 3.68. The van der Waals surface area contributed by atoms with Crippen molar-refractivity contribution in [3.05, 3.63) is 77.9 Å². The van der Waals surface area contributed by atoms with Gasteiger partial charge >= 0.3 is 0 Å². The van der Waals surface area contributed by atoms with Crippen LogP contribution < -0.4 is 5.32 Å². The Bertz CT molecular complexity index is 568. The van der Waals surface area contributed by atoms with E-state index in [0.29, 0.717) is 0 Å². The molecule has 1 N–H and O–H groups in total. The Labute approximate surface area is 120 Å². The van der Waals surface area contributed by atoms with Crippen molar-refractivity contribution in [3.8, 4) is 0 Å². The maximum absolute atomic E-state index is 5.76. The second-order valence-corrected chi connectivity index (χ2v) is 5.03. The summed E-state index contributed by atoms with van der Waals surface area (Å²) in [7, 11) is 0. The van der Waals surface area contributed by atoms with E-state index in [1.54, 1.807) is 0 Å². The summed E-state index contributed by atoms with van der Waals surface area (Å²) in [5.41, 5.74) is 4.60. The highest BCUT2D eigenvalue weighted by molar-refractivity contribution is 5.77. The predicted octanol–water partition coefficient (Wildman–Crippen LogP) is 3.41. The van der Waals surface area contributed by atoms with Gasteiger partial charge in [0.25, 0.3) is 0 Å². The van der Waals surface area contributed by atoms with Crippen LogP contribution in [0.2, 0.25) is 0 Å². The fraction of sp³-hybridized carbons (Fsp3) is 0.222. The van der Waals surface area contributed by atoms with Gasteiger partial charge in [-0.3, -0.25) is 0 Å². The standard InChI is InChI=1S/C18H19NO/c1-14(15-5-3-2-4-6-15)16-7-9-17(10-8-16)18-13-19-11-12-20-18/h2-10,18-19H,1,11-13H2. The minimum Gasteiger partial charge on any atom is -0.371 e. The van der Waals surface area contributed by atoms with Crippen LogP contribution in [0.3, 0.4) is 0 Å². The Hall–Kier alpha value is -1.90. The Morgan fingerprint density at radius 3 is 2.35 bits per heavy atom. The molecule has 0 bridgehead atoms. The first-order valence-corrected chi connectivity index (χ1v) is 7.01. The van der Waals surface area contributed by atoms with E-state index in [0.717, 1.165) is 36.4 Å². The average molecular weight is 265 g/mol. The molecule has 0 saturated carbocycles. The van der Waals surface area contributed by atoms with E-state index >= 15 is 0 Å². The SMILES string of the molecule is C=C(c1ccccc1)c1ccc(C2CNCCO2)cc1.